The molecule has 1 aliphatic rings. The number of carbonyl (C=O) groups excluding carboxylic acids is 1. The average Bonchev–Trinajstić information content (AvgIpc) is 2.09. The van der Waals surface area contributed by atoms with E-state index >= 15 is 0 Å². The molecule has 0 aromatic rings. The maximum absolute atomic E-state index is 11.7. The molecule has 0 N–H and O–H groups in total. The van der Waals surface area contributed by atoms with Crippen LogP contribution in [-0.2, 0) is 9.53 Å². The van der Waals surface area contributed by atoms with Gasteiger partial charge in [-0.05, 0) is 36.5 Å². The minimum Gasteiger partial charge on any atom is -0.465 e. The van der Waals surface area contributed by atoms with Crippen LogP contribution in [0.15, 0.2) is 0 Å². The number of esters is 1. The van der Waals surface area contributed by atoms with Gasteiger partial charge in [-0.25, -0.2) is 0 Å². The van der Waals surface area contributed by atoms with E-state index in [1.807, 2.05) is 0 Å². The molecule has 1 saturated carbocycles. The van der Waals surface area contributed by atoms with Gasteiger partial charge in [0.15, 0.2) is 0 Å². The van der Waals surface area contributed by atoms with Crippen LogP contribution in [0.25, 0.3) is 0 Å². The zero-order valence-electron chi connectivity index (χ0n) is 13.0. The predicted octanol–water partition coefficient (Wildman–Crippen LogP) is 4.43. The summed E-state index contributed by atoms with van der Waals surface area (Å²) in [6, 6.07) is 0. The van der Waals surface area contributed by atoms with Gasteiger partial charge in [0, 0.05) is 11.8 Å². The van der Waals surface area contributed by atoms with Gasteiger partial charge in [0.2, 0.25) is 0 Å². The molecular formula is C16H30O2. The molecule has 1 fully saturated rings. The van der Waals surface area contributed by atoms with Crippen LogP contribution < -0.4 is 0 Å². The van der Waals surface area contributed by atoms with E-state index in [2.05, 4.69) is 41.5 Å². The first-order valence-corrected chi connectivity index (χ1v) is 7.28. The third-order valence-corrected chi connectivity index (χ3v) is 3.80. The summed E-state index contributed by atoms with van der Waals surface area (Å²) in [5, 5.41) is 0. The van der Waals surface area contributed by atoms with Crippen molar-refractivity contribution in [3.8, 4) is 0 Å². The molecule has 1 aliphatic carbocycles. The molecule has 1 rings (SSSR count). The minimum absolute atomic E-state index is 0.0396. The van der Waals surface area contributed by atoms with Crippen molar-refractivity contribution in [3.05, 3.63) is 0 Å². The number of hydrogen-bond donors (Lipinski definition) is 0. The number of ether oxygens (including phenoxy) is 1. The Labute approximate surface area is 112 Å². The molecule has 0 aliphatic heterocycles. The minimum atomic E-state index is -0.0396. The lowest BCUT2D eigenvalue weighted by Gasteiger charge is -2.45. The molecule has 2 heteroatoms. The molecular weight excluding hydrogens is 224 g/mol. The highest BCUT2D eigenvalue weighted by Crippen LogP contribution is 2.48. The smallest absolute Gasteiger partial charge is 0.306 e. The van der Waals surface area contributed by atoms with E-state index in [-0.39, 0.29) is 11.4 Å². The third-order valence-electron chi connectivity index (χ3n) is 3.80. The average molecular weight is 254 g/mol. The van der Waals surface area contributed by atoms with Crippen LogP contribution in [0.3, 0.4) is 0 Å². The molecule has 18 heavy (non-hydrogen) atoms. The first-order valence-electron chi connectivity index (χ1n) is 7.28. The predicted molar refractivity (Wildman–Crippen MR) is 75.3 cm³/mol. The van der Waals surface area contributed by atoms with Gasteiger partial charge in [0.1, 0.15) is 0 Å². The Balaban J connectivity index is 2.51. The van der Waals surface area contributed by atoms with E-state index in [1.54, 1.807) is 0 Å². The highest BCUT2D eigenvalue weighted by molar-refractivity contribution is 5.69. The summed E-state index contributed by atoms with van der Waals surface area (Å²) in [5.74, 6) is 1.07. The highest BCUT2D eigenvalue weighted by atomic mass is 16.5. The zero-order chi connectivity index (χ0) is 14.0. The summed E-state index contributed by atoms with van der Waals surface area (Å²) in [5.41, 5.74) is 0.532. The number of rotatable bonds is 4. The fourth-order valence-corrected chi connectivity index (χ4v) is 3.91. The molecule has 0 saturated heterocycles. The zero-order valence-corrected chi connectivity index (χ0v) is 13.0. The lowest BCUT2D eigenvalue weighted by atomic mass is 9.61. The van der Waals surface area contributed by atoms with E-state index in [0.29, 0.717) is 24.4 Å². The van der Waals surface area contributed by atoms with Crippen molar-refractivity contribution < 1.29 is 9.53 Å². The van der Waals surface area contributed by atoms with Crippen LogP contribution in [0, 0.1) is 22.7 Å². The molecule has 2 unspecified atom stereocenters. The summed E-state index contributed by atoms with van der Waals surface area (Å²) in [6.07, 6.45) is 4.14. The largest absolute Gasteiger partial charge is 0.465 e. The fourth-order valence-electron chi connectivity index (χ4n) is 3.91. The van der Waals surface area contributed by atoms with Gasteiger partial charge in [-0.1, -0.05) is 41.5 Å². The van der Waals surface area contributed by atoms with E-state index in [4.69, 9.17) is 4.74 Å². The molecule has 106 valence electrons. The Bertz CT molecular complexity index is 293. The normalized spacial score (nSPS) is 31.4. The second kappa shape index (κ2) is 5.63. The first kappa shape index (κ1) is 15.5. The topological polar surface area (TPSA) is 26.3 Å². The summed E-state index contributed by atoms with van der Waals surface area (Å²) < 4.78 is 5.50. The van der Waals surface area contributed by atoms with Crippen LogP contribution in [0.2, 0.25) is 0 Å². The van der Waals surface area contributed by atoms with E-state index in [9.17, 15) is 4.79 Å². The fraction of sp³-hybridized carbons (Fsp3) is 0.938. The molecule has 0 radical (unpaired) electrons. The maximum Gasteiger partial charge on any atom is 0.306 e. The van der Waals surface area contributed by atoms with E-state index < -0.39 is 0 Å². The molecule has 0 spiro atoms. The molecule has 0 amide bonds. The summed E-state index contributed by atoms with van der Waals surface area (Å²) in [7, 11) is 0. The van der Waals surface area contributed by atoms with Gasteiger partial charge >= 0.3 is 5.97 Å². The Morgan fingerprint density at radius 2 is 1.89 bits per heavy atom. The van der Waals surface area contributed by atoms with Gasteiger partial charge < -0.3 is 4.74 Å². The number of hydrogen-bond acceptors (Lipinski definition) is 2. The van der Waals surface area contributed by atoms with Crippen molar-refractivity contribution in [2.24, 2.45) is 22.7 Å². The van der Waals surface area contributed by atoms with Gasteiger partial charge in [0.05, 0.1) is 6.61 Å². The van der Waals surface area contributed by atoms with E-state index in [0.717, 1.165) is 12.3 Å². The van der Waals surface area contributed by atoms with Crippen LogP contribution >= 0.6 is 0 Å². The van der Waals surface area contributed by atoms with Crippen LogP contribution in [-0.4, -0.2) is 12.6 Å². The maximum atomic E-state index is 11.7. The second-order valence-electron chi connectivity index (χ2n) is 7.92. The van der Waals surface area contributed by atoms with E-state index in [1.165, 1.54) is 12.8 Å². The van der Waals surface area contributed by atoms with Gasteiger partial charge in [-0.3, -0.25) is 4.79 Å². The van der Waals surface area contributed by atoms with Crippen LogP contribution in [0.1, 0.15) is 67.2 Å². The Kier molecular flexibility index (Phi) is 4.85. The molecule has 0 bridgehead atoms. The summed E-state index contributed by atoms with van der Waals surface area (Å²) in [4.78, 5) is 11.7. The highest BCUT2D eigenvalue weighted by Gasteiger charge is 2.40. The Morgan fingerprint density at radius 3 is 2.39 bits per heavy atom. The Hall–Kier alpha value is -0.530. The molecule has 0 heterocycles. The quantitative estimate of drug-likeness (QED) is 0.694. The summed E-state index contributed by atoms with van der Waals surface area (Å²) >= 11 is 0. The second-order valence-corrected chi connectivity index (χ2v) is 7.92. The van der Waals surface area contributed by atoms with Crippen molar-refractivity contribution in [1.29, 1.82) is 0 Å². The standard InChI is InChI=1S/C16H30O2/c1-12(2)7-14(17)18-11-16(6)9-13(3)8-15(4,5)10-16/h12-13H,7-11H2,1-6H3. The van der Waals surface area contributed by atoms with Crippen molar-refractivity contribution >= 4 is 5.97 Å². The Morgan fingerprint density at radius 1 is 1.28 bits per heavy atom. The molecule has 2 atom stereocenters. The van der Waals surface area contributed by atoms with Gasteiger partial charge in [-0.2, -0.15) is 0 Å². The lowest BCUT2D eigenvalue weighted by Crippen LogP contribution is -2.38. The summed E-state index contributed by atoms with van der Waals surface area (Å²) in [6.45, 7) is 13.9. The number of carbonyl (C=O) groups is 1. The van der Waals surface area contributed by atoms with Gasteiger partial charge in [0.25, 0.3) is 0 Å². The van der Waals surface area contributed by atoms with Crippen molar-refractivity contribution in [2.45, 2.75) is 67.2 Å². The third kappa shape index (κ3) is 4.99. The SMILES string of the molecule is CC(C)CC(=O)OCC1(C)CC(C)CC(C)(C)C1. The monoisotopic (exact) mass is 254 g/mol. The van der Waals surface area contributed by atoms with Gasteiger partial charge in [-0.15, -0.1) is 0 Å². The van der Waals surface area contributed by atoms with Crippen LogP contribution in [0.4, 0.5) is 0 Å². The van der Waals surface area contributed by atoms with Crippen molar-refractivity contribution in [3.63, 3.8) is 0 Å². The first-order chi connectivity index (χ1) is 8.12. The van der Waals surface area contributed by atoms with Crippen molar-refractivity contribution in [2.75, 3.05) is 6.61 Å². The molecule has 0 aromatic carbocycles. The van der Waals surface area contributed by atoms with Crippen molar-refractivity contribution in [1.82, 2.24) is 0 Å². The molecule has 0 aromatic heterocycles. The lowest BCUT2D eigenvalue weighted by molar-refractivity contribution is -0.150. The van der Waals surface area contributed by atoms with Crippen LogP contribution in [0.5, 0.6) is 0 Å². The molecule has 2 nitrogen and oxygen atoms in total.